The van der Waals surface area contributed by atoms with Crippen molar-refractivity contribution in [1.82, 2.24) is 15.5 Å². The van der Waals surface area contributed by atoms with Gasteiger partial charge in [-0.15, -0.1) is 24.0 Å². The second kappa shape index (κ2) is 11.6. The molecule has 2 aromatic carbocycles. The van der Waals surface area contributed by atoms with Gasteiger partial charge in [0.1, 0.15) is 5.82 Å². The number of rotatable bonds is 7. The van der Waals surface area contributed by atoms with E-state index in [-0.39, 0.29) is 35.8 Å². The molecule has 30 heavy (non-hydrogen) atoms. The third kappa shape index (κ3) is 7.51. The first-order valence-corrected chi connectivity index (χ1v) is 11.2. The number of guanidine groups is 1. The highest BCUT2D eigenvalue weighted by molar-refractivity contribution is 14.0. The summed E-state index contributed by atoms with van der Waals surface area (Å²) in [6, 6.07) is 11.8. The normalized spacial score (nSPS) is 13.0. The van der Waals surface area contributed by atoms with Gasteiger partial charge in [-0.1, -0.05) is 24.3 Å². The lowest BCUT2D eigenvalue weighted by atomic mass is 10.1. The lowest BCUT2D eigenvalue weighted by molar-refractivity contribution is 0.298. The number of hydrogen-bond donors (Lipinski definition) is 2. The molecule has 0 saturated carbocycles. The zero-order valence-corrected chi connectivity index (χ0v) is 21.1. The Morgan fingerprint density at radius 3 is 2.27 bits per heavy atom. The summed E-state index contributed by atoms with van der Waals surface area (Å²) in [4.78, 5) is 6.64. The highest BCUT2D eigenvalue weighted by Crippen LogP contribution is 2.18. The maximum Gasteiger partial charge on any atom is 0.191 e. The average molecular weight is 548 g/mol. The summed E-state index contributed by atoms with van der Waals surface area (Å²) in [6.07, 6.45) is 1.21. The van der Waals surface area contributed by atoms with Gasteiger partial charge < -0.3 is 15.5 Å². The van der Waals surface area contributed by atoms with Crippen molar-refractivity contribution >= 4 is 39.8 Å². The minimum absolute atomic E-state index is 0. The molecule has 0 heterocycles. The first-order valence-electron chi connectivity index (χ1n) is 9.28. The quantitative estimate of drug-likeness (QED) is 0.316. The molecule has 0 aromatic heterocycles. The number of sulfone groups is 1. The molecule has 0 aliphatic carbocycles. The van der Waals surface area contributed by atoms with Gasteiger partial charge in [-0.25, -0.2) is 12.8 Å². The summed E-state index contributed by atoms with van der Waals surface area (Å²) in [7, 11) is 2.40. The Balaban J connectivity index is 0.00000450. The maximum absolute atomic E-state index is 13.2. The zero-order chi connectivity index (χ0) is 21.6. The van der Waals surface area contributed by atoms with Gasteiger partial charge in [-0.2, -0.15) is 0 Å². The van der Waals surface area contributed by atoms with E-state index in [2.05, 4.69) is 20.5 Å². The van der Waals surface area contributed by atoms with Gasteiger partial charge in [0.25, 0.3) is 0 Å². The van der Waals surface area contributed by atoms with E-state index in [1.807, 2.05) is 20.2 Å². The molecule has 1 unspecified atom stereocenters. The second-order valence-electron chi connectivity index (χ2n) is 7.21. The van der Waals surface area contributed by atoms with Crippen LogP contribution in [0.15, 0.2) is 52.4 Å². The van der Waals surface area contributed by atoms with E-state index in [9.17, 15) is 12.8 Å². The fourth-order valence-corrected chi connectivity index (χ4v) is 4.08. The van der Waals surface area contributed by atoms with Gasteiger partial charge in [0.2, 0.25) is 0 Å². The van der Waals surface area contributed by atoms with Gasteiger partial charge >= 0.3 is 0 Å². The van der Waals surface area contributed by atoms with E-state index in [0.29, 0.717) is 23.9 Å². The number of benzene rings is 2. The summed E-state index contributed by atoms with van der Waals surface area (Å²) >= 11 is 0. The van der Waals surface area contributed by atoms with Crippen LogP contribution in [0.25, 0.3) is 0 Å². The number of likely N-dealkylation sites (N-methyl/N-ethyl adjacent to an activating group) is 1. The third-order valence-corrected chi connectivity index (χ3v) is 5.92. The molecule has 0 aliphatic rings. The molecule has 0 fully saturated rings. The number of nitrogens with one attached hydrogen (secondary N) is 2. The highest BCUT2D eigenvalue weighted by atomic mass is 127. The number of aliphatic imine (C=N–C) groups is 1. The van der Waals surface area contributed by atoms with Gasteiger partial charge in [-0.3, -0.25) is 4.99 Å². The van der Waals surface area contributed by atoms with Crippen molar-refractivity contribution in [3.05, 3.63) is 65.0 Å². The molecule has 0 bridgehead atoms. The van der Waals surface area contributed by atoms with Gasteiger partial charge in [0, 0.05) is 26.4 Å². The molecule has 2 rings (SSSR count). The Morgan fingerprint density at radius 1 is 1.13 bits per heavy atom. The van der Waals surface area contributed by atoms with Crippen molar-refractivity contribution in [1.29, 1.82) is 0 Å². The smallest absolute Gasteiger partial charge is 0.191 e. The fourth-order valence-electron chi connectivity index (χ4n) is 3.12. The van der Waals surface area contributed by atoms with Crippen LogP contribution in [0, 0.1) is 12.7 Å². The Kier molecular flexibility index (Phi) is 10.2. The minimum atomic E-state index is -3.23. The number of aryl methyl sites for hydroxylation is 1. The van der Waals surface area contributed by atoms with E-state index in [4.69, 9.17) is 0 Å². The van der Waals surface area contributed by atoms with Crippen LogP contribution in [0.4, 0.5) is 4.39 Å². The van der Waals surface area contributed by atoms with Crippen LogP contribution in [-0.2, 0) is 16.4 Å². The molecular formula is C21H30FIN4O2S. The van der Waals surface area contributed by atoms with Crippen LogP contribution in [0.5, 0.6) is 0 Å². The first kappa shape index (κ1) is 26.3. The van der Waals surface area contributed by atoms with E-state index in [1.54, 1.807) is 38.2 Å². The van der Waals surface area contributed by atoms with Gasteiger partial charge in [-0.05, 0) is 55.9 Å². The zero-order valence-electron chi connectivity index (χ0n) is 17.9. The Labute approximate surface area is 195 Å². The SMILES string of the molecule is CN=C(NCc1ccc(S(C)(=O)=O)c(C)c1)NCC(c1ccc(F)cc1)N(C)C.I. The predicted octanol–water partition coefficient (Wildman–Crippen LogP) is 3.12. The topological polar surface area (TPSA) is 73.8 Å². The summed E-state index contributed by atoms with van der Waals surface area (Å²) in [5.74, 6) is 0.373. The number of nitrogens with zero attached hydrogens (tertiary/aromatic N) is 2. The van der Waals surface area contributed by atoms with Crippen molar-refractivity contribution in [2.75, 3.05) is 33.9 Å². The van der Waals surface area contributed by atoms with Crippen LogP contribution >= 0.6 is 24.0 Å². The molecule has 0 radical (unpaired) electrons. The average Bonchev–Trinajstić information content (AvgIpc) is 2.64. The standard InChI is InChI=1S/C21H29FN4O2S.HI/c1-15-12-16(6-11-20(15)29(5,27)28)13-24-21(23-2)25-14-19(26(3)4)17-7-9-18(22)10-8-17;/h6-12,19H,13-14H2,1-5H3,(H2,23,24,25);1H. The molecule has 2 N–H and O–H groups in total. The van der Waals surface area contributed by atoms with E-state index in [0.717, 1.165) is 16.7 Å². The Hall–Kier alpha value is -1.72. The molecule has 0 spiro atoms. The fraction of sp³-hybridized carbons (Fsp3) is 0.381. The van der Waals surface area contributed by atoms with Crippen LogP contribution in [-0.4, -0.2) is 53.2 Å². The third-order valence-electron chi connectivity index (χ3n) is 4.66. The second-order valence-corrected chi connectivity index (χ2v) is 9.19. The van der Waals surface area contributed by atoms with E-state index < -0.39 is 9.84 Å². The Morgan fingerprint density at radius 2 is 1.77 bits per heavy atom. The monoisotopic (exact) mass is 548 g/mol. The molecule has 9 heteroatoms. The summed E-state index contributed by atoms with van der Waals surface area (Å²) in [6.45, 7) is 2.88. The summed E-state index contributed by atoms with van der Waals surface area (Å²) < 4.78 is 36.7. The van der Waals surface area contributed by atoms with Crippen molar-refractivity contribution in [2.45, 2.75) is 24.4 Å². The molecule has 166 valence electrons. The molecule has 2 aromatic rings. The van der Waals surface area contributed by atoms with Crippen molar-refractivity contribution in [2.24, 2.45) is 4.99 Å². The maximum atomic E-state index is 13.2. The summed E-state index contributed by atoms with van der Waals surface area (Å²) in [5, 5.41) is 6.53. The number of halogens is 2. The molecule has 6 nitrogen and oxygen atoms in total. The van der Waals surface area contributed by atoms with Crippen LogP contribution in [0.1, 0.15) is 22.7 Å². The number of hydrogen-bond acceptors (Lipinski definition) is 4. The molecule has 0 amide bonds. The largest absolute Gasteiger partial charge is 0.354 e. The lowest BCUT2D eigenvalue weighted by Gasteiger charge is -2.26. The predicted molar refractivity (Wildman–Crippen MR) is 131 cm³/mol. The summed E-state index contributed by atoms with van der Waals surface area (Å²) in [5.41, 5.74) is 2.69. The van der Waals surface area contributed by atoms with Crippen molar-refractivity contribution in [3.63, 3.8) is 0 Å². The van der Waals surface area contributed by atoms with E-state index >= 15 is 0 Å². The van der Waals surface area contributed by atoms with Crippen LogP contribution < -0.4 is 10.6 Å². The van der Waals surface area contributed by atoms with Crippen LogP contribution in [0.2, 0.25) is 0 Å². The minimum Gasteiger partial charge on any atom is -0.354 e. The van der Waals surface area contributed by atoms with Gasteiger partial charge in [0.15, 0.2) is 15.8 Å². The van der Waals surface area contributed by atoms with E-state index in [1.165, 1.54) is 18.4 Å². The van der Waals surface area contributed by atoms with Gasteiger partial charge in [0.05, 0.1) is 10.9 Å². The molecule has 0 saturated heterocycles. The van der Waals surface area contributed by atoms with Crippen molar-refractivity contribution < 1.29 is 12.8 Å². The van der Waals surface area contributed by atoms with Crippen LogP contribution in [0.3, 0.4) is 0 Å². The lowest BCUT2D eigenvalue weighted by Crippen LogP contribution is -2.41. The molecule has 1 atom stereocenters. The molecule has 0 aliphatic heterocycles. The highest BCUT2D eigenvalue weighted by Gasteiger charge is 2.15. The molecular weight excluding hydrogens is 518 g/mol. The first-order chi connectivity index (χ1) is 13.6. The Bertz CT molecular complexity index is 963. The van der Waals surface area contributed by atoms with Crippen molar-refractivity contribution in [3.8, 4) is 0 Å².